The summed E-state index contributed by atoms with van der Waals surface area (Å²) in [5.41, 5.74) is 1.91. The van der Waals surface area contributed by atoms with Crippen molar-refractivity contribution in [3.05, 3.63) is 84.2 Å². The minimum absolute atomic E-state index is 0.0684. The summed E-state index contributed by atoms with van der Waals surface area (Å²) in [7, 11) is -3.35. The van der Waals surface area contributed by atoms with Gasteiger partial charge >= 0.3 is 0 Å². The van der Waals surface area contributed by atoms with Crippen LogP contribution in [0.5, 0.6) is 0 Å². The van der Waals surface area contributed by atoms with Crippen LogP contribution in [0.3, 0.4) is 0 Å². The van der Waals surface area contributed by atoms with Crippen molar-refractivity contribution in [2.24, 2.45) is 5.92 Å². The molecule has 4 heterocycles. The summed E-state index contributed by atoms with van der Waals surface area (Å²) in [6.45, 7) is 10.4. The van der Waals surface area contributed by atoms with Gasteiger partial charge in [0.05, 0.1) is 30.0 Å². The molecule has 2 amide bonds. The van der Waals surface area contributed by atoms with E-state index in [-0.39, 0.29) is 24.3 Å². The highest BCUT2D eigenvalue weighted by atomic mass is 28.4. The summed E-state index contributed by atoms with van der Waals surface area (Å²) in [5, 5.41) is 18.8. The van der Waals surface area contributed by atoms with Crippen molar-refractivity contribution in [2.75, 3.05) is 29.5 Å². The molecule has 11 heteroatoms. The molecular formula is C34H42FN5O4Si. The first-order chi connectivity index (χ1) is 21.6. The SMILES string of the molecule is C=CCN1C(=O)[C@]2(O[C@H](CCn3cc(C(CO)c4ccccc4)nn3)[C@@H]([Si](C)(C)F)[C@@H]2C)c2cc(N3CCCCC3=O)ccc21. The van der Waals surface area contributed by atoms with E-state index >= 15 is 4.11 Å². The molecule has 1 aromatic heterocycles. The van der Waals surface area contributed by atoms with Crippen molar-refractivity contribution in [1.29, 1.82) is 0 Å². The van der Waals surface area contributed by atoms with Gasteiger partial charge in [-0.1, -0.05) is 48.5 Å². The molecule has 6 rings (SSSR count). The van der Waals surface area contributed by atoms with E-state index in [9.17, 15) is 14.7 Å². The fraction of sp³-hybridized carbons (Fsp3) is 0.471. The van der Waals surface area contributed by atoms with Crippen molar-refractivity contribution in [1.82, 2.24) is 15.0 Å². The van der Waals surface area contributed by atoms with E-state index in [1.165, 1.54) is 0 Å². The smallest absolute Gasteiger partial charge is 0.264 e. The second-order valence-electron chi connectivity index (χ2n) is 13.0. The number of aliphatic hydroxyl groups excluding tert-OH is 1. The van der Waals surface area contributed by atoms with Gasteiger partial charge in [0.25, 0.3) is 5.91 Å². The van der Waals surface area contributed by atoms with E-state index in [4.69, 9.17) is 4.74 Å². The summed E-state index contributed by atoms with van der Waals surface area (Å²) < 4.78 is 24.9. The number of carbonyl (C=O) groups is 2. The van der Waals surface area contributed by atoms with Crippen LogP contribution < -0.4 is 9.80 Å². The van der Waals surface area contributed by atoms with Crippen molar-refractivity contribution >= 4 is 31.6 Å². The van der Waals surface area contributed by atoms with E-state index in [1.807, 2.05) is 61.7 Å². The predicted octanol–water partition coefficient (Wildman–Crippen LogP) is 5.32. The molecule has 5 atom stereocenters. The molecule has 3 aromatic rings. The second-order valence-corrected chi connectivity index (χ2v) is 16.8. The highest BCUT2D eigenvalue weighted by Crippen LogP contribution is 2.60. The maximum absolute atomic E-state index is 16.3. The zero-order chi connectivity index (χ0) is 31.9. The van der Waals surface area contributed by atoms with Gasteiger partial charge in [0.15, 0.2) is 5.60 Å². The molecule has 0 saturated carbocycles. The first-order valence-corrected chi connectivity index (χ1v) is 18.9. The van der Waals surface area contributed by atoms with Crippen molar-refractivity contribution in [3.63, 3.8) is 0 Å². The minimum Gasteiger partial charge on any atom is -0.395 e. The fourth-order valence-corrected chi connectivity index (χ4v) is 10.3. The zero-order valence-corrected chi connectivity index (χ0v) is 27.2. The van der Waals surface area contributed by atoms with E-state index in [0.717, 1.165) is 29.8 Å². The number of ether oxygens (including phenoxy) is 1. The fourth-order valence-electron chi connectivity index (χ4n) is 7.76. The van der Waals surface area contributed by atoms with E-state index < -0.39 is 31.6 Å². The predicted molar refractivity (Wildman–Crippen MR) is 173 cm³/mol. The normalized spacial score (nSPS) is 25.7. The Hall–Kier alpha value is -3.67. The Morgan fingerprint density at radius 2 is 1.98 bits per heavy atom. The number of hydrogen-bond donors (Lipinski definition) is 1. The number of benzene rings is 2. The zero-order valence-electron chi connectivity index (χ0n) is 26.2. The number of amides is 2. The van der Waals surface area contributed by atoms with Gasteiger partial charge in [-0.05, 0) is 56.1 Å². The standard InChI is InChI=1S/C34H42FN5O4Si/c1-5-17-40-29-15-14-25(39-18-10-9-13-31(39)42)20-27(29)34(33(40)43)23(2)32(45(3,4)35)30(44-34)16-19-38-21-28(36-37-38)26(22-41)24-11-7-6-8-12-24/h5-8,11-12,14-15,20-21,23,26,30,32,41H,1,9-10,13,16-19,22H2,2-4H3/t23-,26?,30+,32-,34+/m0/s1. The van der Waals surface area contributed by atoms with Gasteiger partial charge in [0, 0.05) is 55.0 Å². The number of anilines is 2. The summed E-state index contributed by atoms with van der Waals surface area (Å²) in [6.07, 6.45) is 5.68. The van der Waals surface area contributed by atoms with Gasteiger partial charge in [-0.25, -0.2) is 0 Å². The molecule has 1 unspecified atom stereocenters. The molecule has 0 aliphatic carbocycles. The van der Waals surface area contributed by atoms with E-state index in [0.29, 0.717) is 43.7 Å². The summed E-state index contributed by atoms with van der Waals surface area (Å²) in [6, 6.07) is 15.4. The first-order valence-electron chi connectivity index (χ1n) is 15.9. The van der Waals surface area contributed by atoms with Crippen molar-refractivity contribution in [2.45, 2.75) is 75.4 Å². The Morgan fingerprint density at radius 1 is 1.20 bits per heavy atom. The van der Waals surface area contributed by atoms with Crippen LogP contribution in [0, 0.1) is 5.92 Å². The number of aliphatic hydroxyl groups is 1. The molecule has 2 fully saturated rings. The van der Waals surface area contributed by atoms with Crippen LogP contribution >= 0.6 is 0 Å². The maximum atomic E-state index is 16.3. The van der Waals surface area contributed by atoms with E-state index in [1.54, 1.807) is 33.7 Å². The van der Waals surface area contributed by atoms with Gasteiger partial charge in [-0.2, -0.15) is 0 Å². The Morgan fingerprint density at radius 3 is 2.67 bits per heavy atom. The number of halogens is 1. The maximum Gasteiger partial charge on any atom is 0.264 e. The van der Waals surface area contributed by atoms with Crippen LogP contribution in [-0.2, 0) is 26.5 Å². The van der Waals surface area contributed by atoms with Crippen LogP contribution in [0.15, 0.2) is 67.4 Å². The lowest BCUT2D eigenvalue weighted by molar-refractivity contribution is -0.145. The summed E-state index contributed by atoms with van der Waals surface area (Å²) in [4.78, 5) is 30.7. The van der Waals surface area contributed by atoms with Gasteiger partial charge in [0.2, 0.25) is 14.3 Å². The van der Waals surface area contributed by atoms with Gasteiger partial charge < -0.3 is 23.8 Å². The minimum atomic E-state index is -3.35. The van der Waals surface area contributed by atoms with Crippen molar-refractivity contribution < 1.29 is 23.5 Å². The molecule has 2 aromatic carbocycles. The van der Waals surface area contributed by atoms with Crippen LogP contribution in [0.4, 0.5) is 15.5 Å². The number of hydrogen-bond acceptors (Lipinski definition) is 6. The molecule has 1 N–H and O–H groups in total. The second kappa shape index (κ2) is 12.3. The van der Waals surface area contributed by atoms with Gasteiger partial charge in [0.1, 0.15) is 0 Å². The average molecular weight is 632 g/mol. The first kappa shape index (κ1) is 31.3. The molecule has 9 nitrogen and oxygen atoms in total. The number of nitrogens with zero attached hydrogens (tertiary/aromatic N) is 5. The molecule has 2 saturated heterocycles. The third-order valence-corrected chi connectivity index (χ3v) is 12.3. The van der Waals surface area contributed by atoms with E-state index in [2.05, 4.69) is 16.9 Å². The van der Waals surface area contributed by atoms with Gasteiger partial charge in [-0.15, -0.1) is 11.7 Å². The van der Waals surface area contributed by atoms with Gasteiger partial charge in [-0.3, -0.25) is 14.3 Å². The third-order valence-electron chi connectivity index (χ3n) is 9.83. The lowest BCUT2D eigenvalue weighted by atomic mass is 9.82. The molecule has 0 bridgehead atoms. The van der Waals surface area contributed by atoms with Crippen LogP contribution in [0.25, 0.3) is 0 Å². The molecule has 0 radical (unpaired) electrons. The highest BCUT2D eigenvalue weighted by molar-refractivity contribution is 6.72. The quantitative estimate of drug-likeness (QED) is 0.185. The molecular weight excluding hydrogens is 589 g/mol. The Bertz CT molecular complexity index is 1580. The number of fused-ring (bicyclic) bond motifs is 2. The number of rotatable bonds is 10. The topological polar surface area (TPSA) is 101 Å². The third kappa shape index (κ3) is 5.44. The molecule has 3 aliphatic rings. The lowest BCUT2D eigenvalue weighted by Gasteiger charge is -2.32. The van der Waals surface area contributed by atoms with Crippen LogP contribution in [0.2, 0.25) is 18.6 Å². The number of aryl methyl sites for hydroxylation is 1. The largest absolute Gasteiger partial charge is 0.395 e. The van der Waals surface area contributed by atoms with Crippen LogP contribution in [0.1, 0.15) is 55.3 Å². The lowest BCUT2D eigenvalue weighted by Crippen LogP contribution is -2.45. The summed E-state index contributed by atoms with van der Waals surface area (Å²) >= 11 is 0. The molecule has 3 aliphatic heterocycles. The van der Waals surface area contributed by atoms with Crippen LogP contribution in [-0.4, -0.2) is 66.1 Å². The molecule has 238 valence electrons. The molecule has 1 spiro atoms. The van der Waals surface area contributed by atoms with Crippen molar-refractivity contribution in [3.8, 4) is 0 Å². The Labute approximate surface area is 264 Å². The average Bonchev–Trinajstić information content (AvgIpc) is 3.68. The highest BCUT2D eigenvalue weighted by Gasteiger charge is 2.66. The number of piperidine rings is 1. The summed E-state index contributed by atoms with van der Waals surface area (Å²) in [5.74, 6) is -0.889. The Kier molecular flexibility index (Phi) is 8.53. The monoisotopic (exact) mass is 631 g/mol. The Balaban J connectivity index is 1.32. The number of aromatic nitrogens is 3. The molecule has 45 heavy (non-hydrogen) atoms. The number of carbonyl (C=O) groups excluding carboxylic acids is 2.